The van der Waals surface area contributed by atoms with E-state index in [2.05, 4.69) is 5.43 Å². The van der Waals surface area contributed by atoms with Gasteiger partial charge in [-0.1, -0.05) is 0 Å². The molecular formula is C12H17N3O3S. The molecule has 1 aromatic rings. The van der Waals surface area contributed by atoms with Gasteiger partial charge in [0.1, 0.15) is 0 Å². The maximum atomic E-state index is 12.3. The maximum Gasteiger partial charge on any atom is 0.254 e. The number of anilines is 1. The molecular weight excluding hydrogens is 266 g/mol. The minimum absolute atomic E-state index is 0.0289. The topological polar surface area (TPSA) is 92.5 Å². The number of benzene rings is 1. The lowest BCUT2D eigenvalue weighted by Gasteiger charge is -2.33. The SMILES string of the molecule is CC1CS(=O)(=O)CCN1C(=O)c1ccc(NN)cc1. The summed E-state index contributed by atoms with van der Waals surface area (Å²) in [5.74, 6) is 5.17. The zero-order valence-corrected chi connectivity index (χ0v) is 11.5. The van der Waals surface area contributed by atoms with Crippen LogP contribution in [0.25, 0.3) is 0 Å². The van der Waals surface area contributed by atoms with Gasteiger partial charge in [0.2, 0.25) is 0 Å². The number of sulfone groups is 1. The maximum absolute atomic E-state index is 12.3. The number of carbonyl (C=O) groups excluding carboxylic acids is 1. The highest BCUT2D eigenvalue weighted by Gasteiger charge is 2.31. The molecule has 1 heterocycles. The van der Waals surface area contributed by atoms with Crippen molar-refractivity contribution < 1.29 is 13.2 Å². The van der Waals surface area contributed by atoms with Gasteiger partial charge in [-0.2, -0.15) is 0 Å². The Kier molecular flexibility index (Phi) is 3.77. The molecule has 104 valence electrons. The zero-order chi connectivity index (χ0) is 14.0. The van der Waals surface area contributed by atoms with Crippen LogP contribution < -0.4 is 11.3 Å². The molecule has 1 saturated heterocycles. The van der Waals surface area contributed by atoms with Gasteiger partial charge in [-0.15, -0.1) is 0 Å². The van der Waals surface area contributed by atoms with E-state index in [-0.39, 0.29) is 30.0 Å². The predicted octanol–water partition coefficient (Wildman–Crippen LogP) is 0.231. The molecule has 0 radical (unpaired) electrons. The van der Waals surface area contributed by atoms with Crippen molar-refractivity contribution in [1.29, 1.82) is 0 Å². The monoisotopic (exact) mass is 283 g/mol. The van der Waals surface area contributed by atoms with E-state index < -0.39 is 9.84 Å². The highest BCUT2D eigenvalue weighted by atomic mass is 32.2. The van der Waals surface area contributed by atoms with Gasteiger partial charge in [-0.3, -0.25) is 10.6 Å². The molecule has 1 aromatic carbocycles. The second kappa shape index (κ2) is 5.18. The molecule has 6 nitrogen and oxygen atoms in total. The molecule has 7 heteroatoms. The van der Waals surface area contributed by atoms with E-state index in [9.17, 15) is 13.2 Å². The van der Waals surface area contributed by atoms with Gasteiger partial charge in [-0.25, -0.2) is 8.42 Å². The van der Waals surface area contributed by atoms with Crippen LogP contribution in [0.4, 0.5) is 5.69 Å². The van der Waals surface area contributed by atoms with Crippen LogP contribution in [0.3, 0.4) is 0 Å². The fraction of sp³-hybridized carbons (Fsp3) is 0.417. The van der Waals surface area contributed by atoms with Crippen molar-refractivity contribution in [3.05, 3.63) is 29.8 Å². The van der Waals surface area contributed by atoms with Crippen LogP contribution in [0.5, 0.6) is 0 Å². The van der Waals surface area contributed by atoms with Crippen LogP contribution in [0.15, 0.2) is 24.3 Å². The summed E-state index contributed by atoms with van der Waals surface area (Å²) >= 11 is 0. The Balaban J connectivity index is 2.15. The summed E-state index contributed by atoms with van der Waals surface area (Å²) in [7, 11) is -3.01. The zero-order valence-electron chi connectivity index (χ0n) is 10.7. The molecule has 1 amide bonds. The summed E-state index contributed by atoms with van der Waals surface area (Å²) in [4.78, 5) is 13.9. The van der Waals surface area contributed by atoms with Crippen molar-refractivity contribution in [1.82, 2.24) is 4.90 Å². The van der Waals surface area contributed by atoms with E-state index in [1.165, 1.54) is 0 Å². The van der Waals surface area contributed by atoms with Crippen molar-refractivity contribution in [2.75, 3.05) is 23.5 Å². The van der Waals surface area contributed by atoms with Crippen molar-refractivity contribution in [3.8, 4) is 0 Å². The third-order valence-corrected chi connectivity index (χ3v) is 5.02. The minimum atomic E-state index is -3.01. The second-order valence-electron chi connectivity index (χ2n) is 4.68. The van der Waals surface area contributed by atoms with Crippen LogP contribution in [0.2, 0.25) is 0 Å². The Morgan fingerprint density at radius 3 is 2.53 bits per heavy atom. The third-order valence-electron chi connectivity index (χ3n) is 3.23. The van der Waals surface area contributed by atoms with Crippen molar-refractivity contribution in [2.24, 2.45) is 5.84 Å². The highest BCUT2D eigenvalue weighted by Crippen LogP contribution is 2.16. The number of hydrazine groups is 1. The lowest BCUT2D eigenvalue weighted by molar-refractivity contribution is 0.0712. The van der Waals surface area contributed by atoms with Gasteiger partial charge in [0.25, 0.3) is 5.91 Å². The van der Waals surface area contributed by atoms with E-state index >= 15 is 0 Å². The van der Waals surface area contributed by atoms with E-state index in [4.69, 9.17) is 5.84 Å². The van der Waals surface area contributed by atoms with Crippen LogP contribution in [-0.4, -0.2) is 43.3 Å². The highest BCUT2D eigenvalue weighted by molar-refractivity contribution is 7.91. The van der Waals surface area contributed by atoms with Gasteiger partial charge >= 0.3 is 0 Å². The fourth-order valence-electron chi connectivity index (χ4n) is 2.18. The normalized spacial score (nSPS) is 22.0. The van der Waals surface area contributed by atoms with Crippen molar-refractivity contribution in [3.63, 3.8) is 0 Å². The first-order valence-electron chi connectivity index (χ1n) is 6.01. The molecule has 1 aliphatic heterocycles. The summed E-state index contributed by atoms with van der Waals surface area (Å²) < 4.78 is 23.0. The number of nitrogens with zero attached hydrogens (tertiary/aromatic N) is 1. The Morgan fingerprint density at radius 2 is 2.00 bits per heavy atom. The van der Waals surface area contributed by atoms with Crippen LogP contribution in [0, 0.1) is 0 Å². The average Bonchev–Trinajstić information content (AvgIpc) is 2.37. The van der Waals surface area contributed by atoms with Crippen LogP contribution >= 0.6 is 0 Å². The molecule has 1 aliphatic rings. The molecule has 19 heavy (non-hydrogen) atoms. The van der Waals surface area contributed by atoms with Gasteiger partial charge in [-0.05, 0) is 31.2 Å². The van der Waals surface area contributed by atoms with Crippen LogP contribution in [0.1, 0.15) is 17.3 Å². The fourth-order valence-corrected chi connectivity index (χ4v) is 3.73. The average molecular weight is 283 g/mol. The number of hydrogen-bond acceptors (Lipinski definition) is 5. The Morgan fingerprint density at radius 1 is 1.37 bits per heavy atom. The van der Waals surface area contributed by atoms with Gasteiger partial charge in [0.05, 0.1) is 11.5 Å². The number of nitrogens with one attached hydrogen (secondary N) is 1. The smallest absolute Gasteiger partial charge is 0.254 e. The van der Waals surface area contributed by atoms with E-state index in [0.717, 1.165) is 0 Å². The first-order chi connectivity index (χ1) is 8.93. The molecule has 1 atom stereocenters. The quantitative estimate of drug-likeness (QED) is 0.599. The first-order valence-corrected chi connectivity index (χ1v) is 7.83. The van der Waals surface area contributed by atoms with Gasteiger partial charge < -0.3 is 10.3 Å². The molecule has 0 aliphatic carbocycles. The number of hydrogen-bond donors (Lipinski definition) is 2. The molecule has 0 saturated carbocycles. The van der Waals surface area contributed by atoms with Crippen molar-refractivity contribution in [2.45, 2.75) is 13.0 Å². The molecule has 1 fully saturated rings. The molecule has 1 unspecified atom stereocenters. The number of nitrogen functional groups attached to an aromatic ring is 1. The Hall–Kier alpha value is -1.60. The molecule has 0 bridgehead atoms. The second-order valence-corrected chi connectivity index (χ2v) is 6.91. The molecule has 0 spiro atoms. The summed E-state index contributed by atoms with van der Waals surface area (Å²) in [6.07, 6.45) is 0. The number of amides is 1. The summed E-state index contributed by atoms with van der Waals surface area (Å²) in [6, 6.07) is 6.47. The Labute approximate surface area is 112 Å². The number of nitrogens with two attached hydrogens (primary N) is 1. The number of carbonyl (C=O) groups is 1. The van der Waals surface area contributed by atoms with Crippen LogP contribution in [-0.2, 0) is 9.84 Å². The third kappa shape index (κ3) is 3.05. The molecule has 0 aromatic heterocycles. The van der Waals surface area contributed by atoms with E-state index in [1.807, 2.05) is 0 Å². The van der Waals surface area contributed by atoms with Crippen molar-refractivity contribution >= 4 is 21.4 Å². The predicted molar refractivity (Wildman–Crippen MR) is 73.4 cm³/mol. The summed E-state index contributed by atoms with van der Waals surface area (Å²) in [6.45, 7) is 2.00. The standard InChI is InChI=1S/C12H17N3O3S/c1-9-8-19(17,18)7-6-15(9)12(16)10-2-4-11(14-13)5-3-10/h2-5,9,14H,6-8,13H2,1H3. The Bertz CT molecular complexity index is 568. The minimum Gasteiger partial charge on any atom is -0.334 e. The largest absolute Gasteiger partial charge is 0.334 e. The van der Waals surface area contributed by atoms with E-state index in [0.29, 0.717) is 11.3 Å². The van der Waals surface area contributed by atoms with Gasteiger partial charge in [0, 0.05) is 23.8 Å². The first kappa shape index (κ1) is 13.8. The van der Waals surface area contributed by atoms with E-state index in [1.54, 1.807) is 36.1 Å². The lowest BCUT2D eigenvalue weighted by Crippen LogP contribution is -2.49. The molecule has 2 rings (SSSR count). The summed E-state index contributed by atoms with van der Waals surface area (Å²) in [5, 5.41) is 0. The van der Waals surface area contributed by atoms with Gasteiger partial charge in [0.15, 0.2) is 9.84 Å². The molecule has 3 N–H and O–H groups in total. The summed E-state index contributed by atoms with van der Waals surface area (Å²) in [5.41, 5.74) is 3.73. The lowest BCUT2D eigenvalue weighted by atomic mass is 10.1. The number of rotatable bonds is 2.